The van der Waals surface area contributed by atoms with Crippen LogP contribution in [-0.2, 0) is 4.79 Å². The Bertz CT molecular complexity index is 715. The Morgan fingerprint density at radius 1 is 1.52 bits per heavy atom. The second kappa shape index (κ2) is 8.86. The van der Waals surface area contributed by atoms with Gasteiger partial charge in [-0.05, 0) is 18.2 Å². The SMILES string of the molecule is CN(CCC#N)C(=O)CSc1nnc(Nc2cccc(Br)c2)s1. The second-order valence-electron chi connectivity index (χ2n) is 4.52. The van der Waals surface area contributed by atoms with Crippen molar-refractivity contribution in [3.63, 3.8) is 0 Å². The van der Waals surface area contributed by atoms with Crippen molar-refractivity contribution in [3.05, 3.63) is 28.7 Å². The van der Waals surface area contributed by atoms with Gasteiger partial charge in [0.25, 0.3) is 0 Å². The highest BCUT2D eigenvalue weighted by molar-refractivity contribution is 9.10. The molecule has 1 aromatic heterocycles. The van der Waals surface area contributed by atoms with Gasteiger partial charge in [0.1, 0.15) is 0 Å². The molecule has 120 valence electrons. The van der Waals surface area contributed by atoms with Gasteiger partial charge in [-0.2, -0.15) is 5.26 Å². The van der Waals surface area contributed by atoms with Gasteiger partial charge in [0.2, 0.25) is 11.0 Å². The lowest BCUT2D eigenvalue weighted by Gasteiger charge is -2.14. The number of halogens is 1. The van der Waals surface area contributed by atoms with E-state index in [4.69, 9.17) is 5.26 Å². The number of thioether (sulfide) groups is 1. The summed E-state index contributed by atoms with van der Waals surface area (Å²) < 4.78 is 1.71. The van der Waals surface area contributed by atoms with Crippen LogP contribution >= 0.6 is 39.0 Å². The van der Waals surface area contributed by atoms with Gasteiger partial charge in [-0.3, -0.25) is 4.79 Å². The fourth-order valence-electron chi connectivity index (χ4n) is 1.58. The van der Waals surface area contributed by atoms with E-state index in [0.717, 1.165) is 14.5 Å². The van der Waals surface area contributed by atoms with Crippen molar-refractivity contribution in [2.24, 2.45) is 0 Å². The molecule has 1 heterocycles. The summed E-state index contributed by atoms with van der Waals surface area (Å²) in [6.07, 6.45) is 0.340. The number of carbonyl (C=O) groups excluding carboxylic acids is 1. The van der Waals surface area contributed by atoms with E-state index in [9.17, 15) is 4.79 Å². The number of hydrogen-bond donors (Lipinski definition) is 1. The van der Waals surface area contributed by atoms with Crippen LogP contribution in [0, 0.1) is 11.3 Å². The quantitative estimate of drug-likeness (QED) is 0.701. The Hall–Kier alpha value is -1.63. The molecule has 0 bridgehead atoms. The first kappa shape index (κ1) is 17.7. The summed E-state index contributed by atoms with van der Waals surface area (Å²) in [6.45, 7) is 0.446. The molecule has 2 aromatic rings. The van der Waals surface area contributed by atoms with Gasteiger partial charge < -0.3 is 10.2 Å². The van der Waals surface area contributed by atoms with Crippen LogP contribution in [0.3, 0.4) is 0 Å². The van der Waals surface area contributed by atoms with Crippen molar-refractivity contribution in [2.45, 2.75) is 10.8 Å². The summed E-state index contributed by atoms with van der Waals surface area (Å²) in [5.41, 5.74) is 0.916. The molecule has 0 aliphatic rings. The topological polar surface area (TPSA) is 81.9 Å². The Morgan fingerprint density at radius 3 is 3.09 bits per heavy atom. The summed E-state index contributed by atoms with van der Waals surface area (Å²) in [7, 11) is 1.70. The molecular formula is C14H14BrN5OS2. The Kier molecular flexibility index (Phi) is 6.83. The molecule has 1 N–H and O–H groups in total. The van der Waals surface area contributed by atoms with Gasteiger partial charge in [0.05, 0.1) is 18.2 Å². The highest BCUT2D eigenvalue weighted by atomic mass is 79.9. The van der Waals surface area contributed by atoms with Gasteiger partial charge >= 0.3 is 0 Å². The lowest BCUT2D eigenvalue weighted by molar-refractivity contribution is -0.127. The van der Waals surface area contributed by atoms with Crippen molar-refractivity contribution in [3.8, 4) is 6.07 Å². The predicted octanol–water partition coefficient (Wildman–Crippen LogP) is 3.51. The van der Waals surface area contributed by atoms with E-state index in [1.807, 2.05) is 30.3 Å². The lowest BCUT2D eigenvalue weighted by Crippen LogP contribution is -2.29. The van der Waals surface area contributed by atoms with Crippen LogP contribution in [0.1, 0.15) is 6.42 Å². The third kappa shape index (κ3) is 5.82. The van der Waals surface area contributed by atoms with Crippen molar-refractivity contribution in [2.75, 3.05) is 24.7 Å². The number of anilines is 2. The van der Waals surface area contributed by atoms with E-state index in [0.29, 0.717) is 18.1 Å². The van der Waals surface area contributed by atoms with Gasteiger partial charge in [-0.1, -0.05) is 45.1 Å². The number of benzene rings is 1. The van der Waals surface area contributed by atoms with Crippen LogP contribution in [-0.4, -0.2) is 40.3 Å². The summed E-state index contributed by atoms with van der Waals surface area (Å²) in [6, 6.07) is 9.78. The van der Waals surface area contributed by atoms with Gasteiger partial charge in [0, 0.05) is 23.8 Å². The molecule has 0 unspecified atom stereocenters. The Morgan fingerprint density at radius 2 is 2.35 bits per heavy atom. The van der Waals surface area contributed by atoms with E-state index in [1.54, 1.807) is 11.9 Å². The van der Waals surface area contributed by atoms with Crippen molar-refractivity contribution < 1.29 is 4.79 Å². The first-order valence-corrected chi connectivity index (χ1v) is 9.28. The first-order chi connectivity index (χ1) is 11.1. The van der Waals surface area contributed by atoms with E-state index >= 15 is 0 Å². The molecule has 0 fully saturated rings. The second-order valence-corrected chi connectivity index (χ2v) is 7.64. The minimum absolute atomic E-state index is 0.0260. The first-order valence-electron chi connectivity index (χ1n) is 6.68. The number of amides is 1. The minimum Gasteiger partial charge on any atom is -0.344 e. The molecule has 0 atom stereocenters. The largest absolute Gasteiger partial charge is 0.344 e. The monoisotopic (exact) mass is 411 g/mol. The fourth-order valence-corrected chi connectivity index (χ4v) is 3.70. The highest BCUT2D eigenvalue weighted by Gasteiger charge is 2.11. The zero-order valence-corrected chi connectivity index (χ0v) is 15.5. The average molecular weight is 412 g/mol. The third-order valence-corrected chi connectivity index (χ3v) is 5.24. The standard InChI is InChI=1S/C14H14BrN5OS2/c1-20(7-3-6-16)12(21)9-22-14-19-18-13(23-14)17-11-5-2-4-10(15)8-11/h2,4-5,8H,3,7,9H2,1H3,(H,17,18). The molecule has 0 aliphatic heterocycles. The number of hydrogen-bond acceptors (Lipinski definition) is 7. The number of carbonyl (C=O) groups is 1. The van der Waals surface area contributed by atoms with Crippen LogP contribution in [0.4, 0.5) is 10.8 Å². The smallest absolute Gasteiger partial charge is 0.232 e. The molecule has 0 radical (unpaired) electrons. The van der Waals surface area contributed by atoms with Crippen LogP contribution in [0.5, 0.6) is 0 Å². The normalized spacial score (nSPS) is 10.1. The van der Waals surface area contributed by atoms with Crippen molar-refractivity contribution >= 4 is 55.8 Å². The maximum atomic E-state index is 11.9. The van der Waals surface area contributed by atoms with Crippen molar-refractivity contribution in [1.29, 1.82) is 5.26 Å². The zero-order chi connectivity index (χ0) is 16.7. The van der Waals surface area contributed by atoms with Crippen molar-refractivity contribution in [1.82, 2.24) is 15.1 Å². The van der Waals surface area contributed by atoms with E-state index in [2.05, 4.69) is 31.4 Å². The maximum absolute atomic E-state index is 11.9. The molecule has 0 saturated carbocycles. The number of nitrogens with zero attached hydrogens (tertiary/aromatic N) is 4. The predicted molar refractivity (Wildman–Crippen MR) is 95.9 cm³/mol. The Balaban J connectivity index is 1.85. The van der Waals surface area contributed by atoms with E-state index < -0.39 is 0 Å². The van der Waals surface area contributed by atoms with Crippen LogP contribution in [0.25, 0.3) is 0 Å². The number of aromatic nitrogens is 2. The minimum atomic E-state index is -0.0260. The molecule has 1 aromatic carbocycles. The van der Waals surface area contributed by atoms with Gasteiger partial charge in [-0.15, -0.1) is 10.2 Å². The third-order valence-electron chi connectivity index (χ3n) is 2.79. The molecule has 23 heavy (non-hydrogen) atoms. The summed E-state index contributed by atoms with van der Waals surface area (Å²) in [5.74, 6) is 0.259. The van der Waals surface area contributed by atoms with E-state index in [1.165, 1.54) is 23.1 Å². The molecule has 2 rings (SSSR count). The number of nitriles is 1. The molecule has 0 saturated heterocycles. The number of rotatable bonds is 7. The fraction of sp³-hybridized carbons (Fsp3) is 0.286. The maximum Gasteiger partial charge on any atom is 0.232 e. The van der Waals surface area contributed by atoms with E-state index in [-0.39, 0.29) is 11.7 Å². The number of nitrogens with one attached hydrogen (secondary N) is 1. The molecule has 6 nitrogen and oxygen atoms in total. The molecule has 0 spiro atoms. The lowest BCUT2D eigenvalue weighted by atomic mass is 10.3. The molecule has 9 heteroatoms. The highest BCUT2D eigenvalue weighted by Crippen LogP contribution is 2.28. The van der Waals surface area contributed by atoms with Gasteiger partial charge in [0.15, 0.2) is 4.34 Å². The zero-order valence-electron chi connectivity index (χ0n) is 12.3. The molecular weight excluding hydrogens is 398 g/mol. The van der Waals surface area contributed by atoms with Crippen LogP contribution < -0.4 is 5.32 Å². The average Bonchev–Trinajstić information content (AvgIpc) is 2.97. The van der Waals surface area contributed by atoms with Crippen LogP contribution in [0.2, 0.25) is 0 Å². The molecule has 0 aliphatic carbocycles. The summed E-state index contributed by atoms with van der Waals surface area (Å²) in [4.78, 5) is 13.4. The molecule has 1 amide bonds. The summed E-state index contributed by atoms with van der Waals surface area (Å²) in [5, 5.41) is 20.5. The summed E-state index contributed by atoms with van der Waals surface area (Å²) >= 11 is 6.16. The van der Waals surface area contributed by atoms with Gasteiger partial charge in [-0.25, -0.2) is 0 Å². The Labute approximate surface area is 151 Å². The van der Waals surface area contributed by atoms with Crippen LogP contribution in [0.15, 0.2) is 33.1 Å².